The van der Waals surface area contributed by atoms with E-state index in [1.54, 1.807) is 0 Å². The zero-order valence-electron chi connectivity index (χ0n) is 11.5. The minimum Gasteiger partial charge on any atom is -0.312 e. The Morgan fingerprint density at radius 2 is 2.06 bits per heavy atom. The van der Waals surface area contributed by atoms with Gasteiger partial charge in [-0.05, 0) is 25.6 Å². The van der Waals surface area contributed by atoms with Crippen LogP contribution in [0.25, 0.3) is 0 Å². The third-order valence-electron chi connectivity index (χ3n) is 2.71. The standard InChI is InChI=1S/C13H25N3S/c1-5-16(6-2)10-13-15-9-12(17-13)8-14-7-11(3)4/h9,11,14H,5-8,10H2,1-4H3. The topological polar surface area (TPSA) is 28.2 Å². The van der Waals surface area contributed by atoms with Gasteiger partial charge in [0, 0.05) is 17.6 Å². The first-order valence-electron chi connectivity index (χ1n) is 6.52. The van der Waals surface area contributed by atoms with E-state index in [2.05, 4.69) is 42.9 Å². The molecule has 0 aliphatic carbocycles. The first-order chi connectivity index (χ1) is 8.15. The Morgan fingerprint density at radius 3 is 2.65 bits per heavy atom. The van der Waals surface area contributed by atoms with E-state index in [0.717, 1.165) is 32.7 Å². The Bertz CT molecular complexity index is 305. The van der Waals surface area contributed by atoms with Gasteiger partial charge in [0.15, 0.2) is 0 Å². The highest BCUT2D eigenvalue weighted by atomic mass is 32.1. The van der Waals surface area contributed by atoms with Gasteiger partial charge >= 0.3 is 0 Å². The number of hydrogen-bond donors (Lipinski definition) is 1. The molecule has 0 saturated heterocycles. The number of rotatable bonds is 8. The van der Waals surface area contributed by atoms with E-state index in [-0.39, 0.29) is 0 Å². The molecule has 0 aliphatic heterocycles. The van der Waals surface area contributed by atoms with Gasteiger partial charge in [0.2, 0.25) is 0 Å². The van der Waals surface area contributed by atoms with Crippen LogP contribution in [-0.2, 0) is 13.1 Å². The molecule has 1 rings (SSSR count). The average molecular weight is 255 g/mol. The van der Waals surface area contributed by atoms with Crippen LogP contribution in [0.5, 0.6) is 0 Å². The predicted octanol–water partition coefficient (Wildman–Crippen LogP) is 2.73. The van der Waals surface area contributed by atoms with Gasteiger partial charge in [-0.3, -0.25) is 4.90 Å². The Kier molecular flexibility index (Phi) is 6.70. The molecule has 4 heteroatoms. The summed E-state index contributed by atoms with van der Waals surface area (Å²) < 4.78 is 0. The van der Waals surface area contributed by atoms with Gasteiger partial charge < -0.3 is 5.32 Å². The second kappa shape index (κ2) is 7.80. The van der Waals surface area contributed by atoms with Crippen molar-refractivity contribution in [3.63, 3.8) is 0 Å². The van der Waals surface area contributed by atoms with Crippen molar-refractivity contribution in [2.75, 3.05) is 19.6 Å². The van der Waals surface area contributed by atoms with Crippen LogP contribution in [0.15, 0.2) is 6.20 Å². The molecule has 1 aromatic heterocycles. The smallest absolute Gasteiger partial charge is 0.107 e. The largest absolute Gasteiger partial charge is 0.312 e. The molecule has 1 aromatic rings. The highest BCUT2D eigenvalue weighted by Gasteiger charge is 2.06. The first-order valence-corrected chi connectivity index (χ1v) is 7.34. The quantitative estimate of drug-likeness (QED) is 0.774. The lowest BCUT2D eigenvalue weighted by Crippen LogP contribution is -2.21. The Balaban J connectivity index is 2.37. The van der Waals surface area contributed by atoms with Crippen molar-refractivity contribution < 1.29 is 0 Å². The summed E-state index contributed by atoms with van der Waals surface area (Å²) in [5, 5.41) is 4.68. The van der Waals surface area contributed by atoms with Crippen molar-refractivity contribution in [3.05, 3.63) is 16.1 Å². The van der Waals surface area contributed by atoms with Crippen molar-refractivity contribution in [2.24, 2.45) is 5.92 Å². The van der Waals surface area contributed by atoms with Gasteiger partial charge in [-0.1, -0.05) is 27.7 Å². The van der Waals surface area contributed by atoms with E-state index in [4.69, 9.17) is 0 Å². The second-order valence-corrected chi connectivity index (χ2v) is 5.91. The average Bonchev–Trinajstić information content (AvgIpc) is 2.73. The van der Waals surface area contributed by atoms with Gasteiger partial charge in [-0.25, -0.2) is 4.98 Å². The summed E-state index contributed by atoms with van der Waals surface area (Å²) in [6, 6.07) is 0. The van der Waals surface area contributed by atoms with Crippen LogP contribution in [0.1, 0.15) is 37.6 Å². The predicted molar refractivity (Wildman–Crippen MR) is 75.3 cm³/mol. The van der Waals surface area contributed by atoms with E-state index >= 15 is 0 Å². The second-order valence-electron chi connectivity index (χ2n) is 4.71. The summed E-state index contributed by atoms with van der Waals surface area (Å²) in [5.74, 6) is 0.707. The maximum Gasteiger partial charge on any atom is 0.107 e. The van der Waals surface area contributed by atoms with E-state index in [1.807, 2.05) is 17.5 Å². The SMILES string of the molecule is CCN(CC)Cc1ncc(CNCC(C)C)s1. The Labute approximate surface area is 109 Å². The monoisotopic (exact) mass is 255 g/mol. The lowest BCUT2D eigenvalue weighted by molar-refractivity contribution is 0.295. The summed E-state index contributed by atoms with van der Waals surface area (Å²) in [5.41, 5.74) is 0. The molecule has 0 bridgehead atoms. The van der Waals surface area contributed by atoms with Crippen LogP contribution in [0.4, 0.5) is 0 Å². The fourth-order valence-electron chi connectivity index (χ4n) is 1.63. The lowest BCUT2D eigenvalue weighted by atomic mass is 10.2. The third-order valence-corrected chi connectivity index (χ3v) is 3.69. The fraction of sp³-hybridized carbons (Fsp3) is 0.769. The Morgan fingerprint density at radius 1 is 1.35 bits per heavy atom. The van der Waals surface area contributed by atoms with Crippen molar-refractivity contribution in [1.29, 1.82) is 0 Å². The molecule has 3 nitrogen and oxygen atoms in total. The van der Waals surface area contributed by atoms with Crippen molar-refractivity contribution in [3.8, 4) is 0 Å². The molecule has 0 spiro atoms. The van der Waals surface area contributed by atoms with E-state index in [1.165, 1.54) is 9.88 Å². The number of hydrogen-bond acceptors (Lipinski definition) is 4. The zero-order chi connectivity index (χ0) is 12.7. The van der Waals surface area contributed by atoms with E-state index in [0.29, 0.717) is 5.92 Å². The zero-order valence-corrected chi connectivity index (χ0v) is 12.3. The molecule has 0 amide bonds. The Hall–Kier alpha value is -0.450. The lowest BCUT2D eigenvalue weighted by Gasteiger charge is -2.15. The fourth-order valence-corrected chi connectivity index (χ4v) is 2.56. The molecule has 0 unspecified atom stereocenters. The molecule has 0 saturated carbocycles. The summed E-state index contributed by atoms with van der Waals surface area (Å²) in [4.78, 5) is 8.22. The van der Waals surface area contributed by atoms with Crippen molar-refractivity contribution in [2.45, 2.75) is 40.8 Å². The summed E-state index contributed by atoms with van der Waals surface area (Å²) >= 11 is 1.83. The maximum absolute atomic E-state index is 4.49. The number of thiazole rings is 1. The minimum absolute atomic E-state index is 0.707. The van der Waals surface area contributed by atoms with Crippen LogP contribution >= 0.6 is 11.3 Å². The van der Waals surface area contributed by atoms with E-state index < -0.39 is 0 Å². The molecule has 0 aromatic carbocycles. The molecular formula is C13H25N3S. The van der Waals surface area contributed by atoms with Gasteiger partial charge in [0.25, 0.3) is 0 Å². The summed E-state index contributed by atoms with van der Waals surface area (Å²) in [6.07, 6.45) is 2.01. The number of nitrogens with zero attached hydrogens (tertiary/aromatic N) is 2. The van der Waals surface area contributed by atoms with Gasteiger partial charge in [0.05, 0.1) is 6.54 Å². The van der Waals surface area contributed by atoms with Crippen LogP contribution in [0.2, 0.25) is 0 Å². The van der Waals surface area contributed by atoms with Gasteiger partial charge in [-0.15, -0.1) is 11.3 Å². The molecule has 0 radical (unpaired) electrons. The van der Waals surface area contributed by atoms with Crippen LogP contribution in [0.3, 0.4) is 0 Å². The molecule has 0 aliphatic rings. The number of aromatic nitrogens is 1. The van der Waals surface area contributed by atoms with Gasteiger partial charge in [0.1, 0.15) is 5.01 Å². The molecule has 0 fully saturated rings. The van der Waals surface area contributed by atoms with E-state index in [9.17, 15) is 0 Å². The first kappa shape index (κ1) is 14.6. The normalized spacial score (nSPS) is 11.6. The van der Waals surface area contributed by atoms with Gasteiger partial charge in [-0.2, -0.15) is 0 Å². The van der Waals surface area contributed by atoms with Crippen LogP contribution in [-0.4, -0.2) is 29.5 Å². The molecule has 1 heterocycles. The molecule has 1 N–H and O–H groups in total. The van der Waals surface area contributed by atoms with Crippen LogP contribution < -0.4 is 5.32 Å². The highest BCUT2D eigenvalue weighted by Crippen LogP contribution is 2.14. The van der Waals surface area contributed by atoms with Crippen molar-refractivity contribution in [1.82, 2.24) is 15.2 Å². The molecule has 0 atom stereocenters. The molecule has 98 valence electrons. The maximum atomic E-state index is 4.49. The third kappa shape index (κ3) is 5.61. The summed E-state index contributed by atoms with van der Waals surface area (Å²) in [6.45, 7) is 14.1. The van der Waals surface area contributed by atoms with Crippen molar-refractivity contribution >= 4 is 11.3 Å². The molecule has 17 heavy (non-hydrogen) atoms. The number of nitrogens with one attached hydrogen (secondary N) is 1. The minimum atomic E-state index is 0.707. The highest BCUT2D eigenvalue weighted by molar-refractivity contribution is 7.11. The van der Waals surface area contributed by atoms with Crippen LogP contribution in [0, 0.1) is 5.92 Å². The summed E-state index contributed by atoms with van der Waals surface area (Å²) in [7, 11) is 0. The molecular weight excluding hydrogens is 230 g/mol.